The summed E-state index contributed by atoms with van der Waals surface area (Å²) in [5.74, 6) is -1.84. The largest absolute Gasteiger partial charge is 0.292 e. The molecule has 0 amide bonds. The van der Waals surface area contributed by atoms with Crippen molar-refractivity contribution in [1.82, 2.24) is 9.78 Å². The minimum absolute atomic E-state index is 0.225. The standard InChI is InChI=1S/C16H12F2N2O/c1-20-14-8-3-2-5-10(14)16(19-20)15(21)9-11-12(17)6-4-7-13(11)18/h2-8H,9H2,1H3. The summed E-state index contributed by atoms with van der Waals surface area (Å²) in [6.45, 7) is 0. The molecule has 0 aliphatic heterocycles. The lowest BCUT2D eigenvalue weighted by atomic mass is 10.0. The molecule has 5 heteroatoms. The minimum Gasteiger partial charge on any atom is -0.292 e. The van der Waals surface area contributed by atoms with Crippen LogP contribution in [0.2, 0.25) is 0 Å². The molecule has 0 spiro atoms. The Hall–Kier alpha value is -2.56. The molecular weight excluding hydrogens is 274 g/mol. The smallest absolute Gasteiger partial charge is 0.188 e. The summed E-state index contributed by atoms with van der Waals surface area (Å²) in [5.41, 5.74) is 0.808. The Balaban J connectivity index is 2.02. The van der Waals surface area contributed by atoms with Crippen molar-refractivity contribution in [1.29, 1.82) is 0 Å². The summed E-state index contributed by atoms with van der Waals surface area (Å²) in [7, 11) is 1.72. The van der Waals surface area contributed by atoms with Gasteiger partial charge in [-0.25, -0.2) is 8.78 Å². The number of para-hydroxylation sites is 1. The van der Waals surface area contributed by atoms with Gasteiger partial charge in [0.2, 0.25) is 0 Å². The Kier molecular flexibility index (Phi) is 3.25. The fourth-order valence-electron chi connectivity index (χ4n) is 2.37. The second kappa shape index (κ2) is 5.09. The Bertz CT molecular complexity index is 819. The number of benzene rings is 2. The lowest BCUT2D eigenvalue weighted by molar-refractivity contribution is 0.0986. The van der Waals surface area contributed by atoms with Crippen molar-refractivity contribution in [2.75, 3.05) is 0 Å². The monoisotopic (exact) mass is 286 g/mol. The Morgan fingerprint density at radius 3 is 2.48 bits per heavy atom. The van der Waals surface area contributed by atoms with Gasteiger partial charge in [-0.1, -0.05) is 24.3 Å². The lowest BCUT2D eigenvalue weighted by Gasteiger charge is -2.03. The van der Waals surface area contributed by atoms with E-state index < -0.39 is 17.4 Å². The number of ketones is 1. The van der Waals surface area contributed by atoms with E-state index in [0.717, 1.165) is 17.6 Å². The maximum atomic E-state index is 13.6. The third-order valence-corrected chi connectivity index (χ3v) is 3.42. The number of hydrogen-bond donors (Lipinski definition) is 0. The van der Waals surface area contributed by atoms with Crippen molar-refractivity contribution >= 4 is 16.7 Å². The van der Waals surface area contributed by atoms with Crippen molar-refractivity contribution in [2.45, 2.75) is 6.42 Å². The van der Waals surface area contributed by atoms with Gasteiger partial charge < -0.3 is 0 Å². The Morgan fingerprint density at radius 2 is 1.76 bits per heavy atom. The van der Waals surface area contributed by atoms with Crippen LogP contribution in [0.25, 0.3) is 10.9 Å². The van der Waals surface area contributed by atoms with Gasteiger partial charge in [0.1, 0.15) is 17.3 Å². The summed E-state index contributed by atoms with van der Waals surface area (Å²) in [6, 6.07) is 10.8. The van der Waals surface area contributed by atoms with Crippen LogP contribution < -0.4 is 0 Å². The molecule has 3 aromatic rings. The van der Waals surface area contributed by atoms with Gasteiger partial charge in [0, 0.05) is 24.4 Å². The topological polar surface area (TPSA) is 34.9 Å². The Labute approximate surface area is 119 Å². The maximum Gasteiger partial charge on any atom is 0.188 e. The second-order valence-electron chi connectivity index (χ2n) is 4.79. The highest BCUT2D eigenvalue weighted by molar-refractivity contribution is 6.06. The van der Waals surface area contributed by atoms with Gasteiger partial charge in [0.15, 0.2) is 5.78 Å². The molecule has 106 valence electrons. The Morgan fingerprint density at radius 1 is 1.10 bits per heavy atom. The van der Waals surface area contributed by atoms with Crippen LogP contribution in [-0.4, -0.2) is 15.6 Å². The molecule has 0 N–H and O–H groups in total. The summed E-state index contributed by atoms with van der Waals surface area (Å²) in [5, 5.41) is 4.85. The number of Topliss-reactive ketones (excluding diaryl/α,β-unsaturated/α-hetero) is 1. The average molecular weight is 286 g/mol. The van der Waals surface area contributed by atoms with Gasteiger partial charge in [0.25, 0.3) is 0 Å². The van der Waals surface area contributed by atoms with E-state index in [1.807, 2.05) is 12.1 Å². The molecule has 3 nitrogen and oxygen atoms in total. The van der Waals surface area contributed by atoms with Crippen molar-refractivity contribution in [3.8, 4) is 0 Å². The number of aromatic nitrogens is 2. The summed E-state index contributed by atoms with van der Waals surface area (Å²) in [6.07, 6.45) is -0.348. The average Bonchev–Trinajstić information content (AvgIpc) is 2.81. The van der Waals surface area contributed by atoms with Crippen LogP contribution >= 0.6 is 0 Å². The van der Waals surface area contributed by atoms with Crippen LogP contribution in [-0.2, 0) is 13.5 Å². The molecular formula is C16H12F2N2O. The van der Waals surface area contributed by atoms with Crippen LogP contribution in [0.3, 0.4) is 0 Å². The third kappa shape index (κ3) is 2.31. The number of hydrogen-bond acceptors (Lipinski definition) is 2. The molecule has 1 heterocycles. The number of carbonyl (C=O) groups is 1. The first-order valence-corrected chi connectivity index (χ1v) is 6.45. The number of aryl methyl sites for hydroxylation is 1. The molecule has 1 aromatic heterocycles. The van der Waals surface area contributed by atoms with E-state index in [0.29, 0.717) is 5.39 Å². The predicted molar refractivity (Wildman–Crippen MR) is 75.1 cm³/mol. The van der Waals surface area contributed by atoms with E-state index in [2.05, 4.69) is 5.10 Å². The normalized spacial score (nSPS) is 11.0. The highest BCUT2D eigenvalue weighted by Crippen LogP contribution is 2.21. The zero-order chi connectivity index (χ0) is 15.0. The number of rotatable bonds is 3. The highest BCUT2D eigenvalue weighted by Gasteiger charge is 2.19. The molecule has 2 aromatic carbocycles. The first-order chi connectivity index (χ1) is 10.1. The molecule has 0 fully saturated rings. The maximum absolute atomic E-state index is 13.6. The third-order valence-electron chi connectivity index (χ3n) is 3.42. The number of carbonyl (C=O) groups excluding carboxylic acids is 1. The number of fused-ring (bicyclic) bond motifs is 1. The van der Waals surface area contributed by atoms with Crippen molar-refractivity contribution < 1.29 is 13.6 Å². The van der Waals surface area contributed by atoms with Gasteiger partial charge in [-0.15, -0.1) is 0 Å². The molecule has 0 atom stereocenters. The van der Waals surface area contributed by atoms with Gasteiger partial charge in [-0.2, -0.15) is 5.10 Å². The van der Waals surface area contributed by atoms with Crippen LogP contribution in [0.1, 0.15) is 16.1 Å². The molecule has 0 saturated heterocycles. The molecule has 0 radical (unpaired) electrons. The molecule has 0 unspecified atom stereocenters. The zero-order valence-electron chi connectivity index (χ0n) is 11.3. The first-order valence-electron chi connectivity index (χ1n) is 6.45. The minimum atomic E-state index is -0.719. The molecule has 21 heavy (non-hydrogen) atoms. The van der Waals surface area contributed by atoms with Crippen molar-refractivity contribution in [3.05, 3.63) is 65.4 Å². The second-order valence-corrected chi connectivity index (χ2v) is 4.79. The van der Waals surface area contributed by atoms with E-state index in [9.17, 15) is 13.6 Å². The van der Waals surface area contributed by atoms with E-state index in [4.69, 9.17) is 0 Å². The quantitative estimate of drug-likeness (QED) is 0.693. The fourth-order valence-corrected chi connectivity index (χ4v) is 2.37. The summed E-state index contributed by atoms with van der Waals surface area (Å²) < 4.78 is 28.8. The molecule has 3 rings (SSSR count). The van der Waals surface area contributed by atoms with Crippen molar-refractivity contribution in [3.63, 3.8) is 0 Å². The van der Waals surface area contributed by atoms with Crippen LogP contribution in [0.15, 0.2) is 42.5 Å². The molecule has 0 bridgehead atoms. The van der Waals surface area contributed by atoms with E-state index in [1.54, 1.807) is 23.9 Å². The fraction of sp³-hybridized carbons (Fsp3) is 0.125. The van der Waals surface area contributed by atoms with E-state index >= 15 is 0 Å². The van der Waals surface area contributed by atoms with Crippen LogP contribution in [0, 0.1) is 11.6 Å². The van der Waals surface area contributed by atoms with Gasteiger partial charge in [-0.05, 0) is 18.2 Å². The SMILES string of the molecule is Cn1nc(C(=O)Cc2c(F)cccc2F)c2ccccc21. The molecule has 0 aliphatic rings. The predicted octanol–water partition coefficient (Wildman–Crippen LogP) is 3.28. The summed E-state index contributed by atoms with van der Waals surface area (Å²) in [4.78, 5) is 12.3. The van der Waals surface area contributed by atoms with Crippen molar-refractivity contribution in [2.24, 2.45) is 7.05 Å². The number of nitrogens with zero attached hydrogens (tertiary/aromatic N) is 2. The van der Waals surface area contributed by atoms with E-state index in [-0.39, 0.29) is 17.7 Å². The summed E-state index contributed by atoms with van der Waals surface area (Å²) >= 11 is 0. The van der Waals surface area contributed by atoms with Crippen LogP contribution in [0.5, 0.6) is 0 Å². The molecule has 0 saturated carbocycles. The highest BCUT2D eigenvalue weighted by atomic mass is 19.1. The lowest BCUT2D eigenvalue weighted by Crippen LogP contribution is -2.09. The molecule has 0 aliphatic carbocycles. The zero-order valence-corrected chi connectivity index (χ0v) is 11.3. The number of halogens is 2. The van der Waals surface area contributed by atoms with Crippen LogP contribution in [0.4, 0.5) is 8.78 Å². The van der Waals surface area contributed by atoms with Gasteiger partial charge >= 0.3 is 0 Å². The van der Waals surface area contributed by atoms with Gasteiger partial charge in [0.05, 0.1) is 5.52 Å². The first kappa shape index (κ1) is 13.4. The van der Waals surface area contributed by atoms with Gasteiger partial charge in [-0.3, -0.25) is 9.48 Å². The van der Waals surface area contributed by atoms with E-state index in [1.165, 1.54) is 6.07 Å².